The average molecular weight is 270 g/mol. The minimum Gasteiger partial charge on any atom is -0.362 e. The summed E-state index contributed by atoms with van der Waals surface area (Å²) in [5, 5.41) is 7.14. The van der Waals surface area contributed by atoms with Crippen LogP contribution >= 0.6 is 12.2 Å². The normalized spacial score (nSPS) is 9.89. The molecule has 98 valence electrons. The minimum absolute atomic E-state index is 0.708. The van der Waals surface area contributed by atoms with Gasteiger partial charge in [-0.05, 0) is 29.8 Å². The van der Waals surface area contributed by atoms with Crippen LogP contribution in [0.4, 0.5) is 0 Å². The van der Waals surface area contributed by atoms with E-state index in [1.54, 1.807) is 0 Å². The van der Waals surface area contributed by atoms with Gasteiger partial charge in [0.25, 0.3) is 0 Å². The van der Waals surface area contributed by atoms with Gasteiger partial charge in [-0.2, -0.15) is 0 Å². The van der Waals surface area contributed by atoms with E-state index in [1.807, 2.05) is 24.3 Å². The zero-order valence-corrected chi connectivity index (χ0v) is 11.6. The molecule has 0 spiro atoms. The first-order valence-corrected chi connectivity index (χ1v) is 6.85. The summed E-state index contributed by atoms with van der Waals surface area (Å²) in [5.41, 5.74) is 2.55. The smallest absolute Gasteiger partial charge is 0.166 e. The topological polar surface area (TPSA) is 24.1 Å². The van der Waals surface area contributed by atoms with Crippen LogP contribution in [0.25, 0.3) is 0 Å². The van der Waals surface area contributed by atoms with Crippen LogP contribution in [0.3, 0.4) is 0 Å². The highest BCUT2D eigenvalue weighted by Gasteiger charge is 1.96. The molecule has 2 rings (SSSR count). The van der Waals surface area contributed by atoms with Crippen molar-refractivity contribution >= 4 is 17.3 Å². The molecule has 2 aromatic carbocycles. The molecular weight excluding hydrogens is 252 g/mol. The van der Waals surface area contributed by atoms with E-state index in [-0.39, 0.29) is 0 Å². The number of rotatable bonds is 5. The van der Waals surface area contributed by atoms with Gasteiger partial charge in [0.2, 0.25) is 0 Å². The summed E-state index contributed by atoms with van der Waals surface area (Å²) in [4.78, 5) is 0. The maximum atomic E-state index is 5.25. The number of hydrogen-bond donors (Lipinski definition) is 2. The molecule has 0 saturated heterocycles. The lowest BCUT2D eigenvalue weighted by Crippen LogP contribution is -2.35. The number of benzene rings is 2. The molecule has 0 saturated carbocycles. The van der Waals surface area contributed by atoms with Crippen LogP contribution in [-0.2, 0) is 13.0 Å². The Bertz CT molecular complexity index is 497. The fourth-order valence-corrected chi connectivity index (χ4v) is 1.98. The zero-order chi connectivity index (χ0) is 13.3. The van der Waals surface area contributed by atoms with Gasteiger partial charge in [0.1, 0.15) is 0 Å². The van der Waals surface area contributed by atoms with Crippen molar-refractivity contribution in [1.82, 2.24) is 10.6 Å². The molecule has 0 bridgehead atoms. The lowest BCUT2D eigenvalue weighted by Gasteiger charge is -2.10. The first-order valence-electron chi connectivity index (χ1n) is 6.44. The van der Waals surface area contributed by atoms with Crippen LogP contribution in [0.15, 0.2) is 60.7 Å². The monoisotopic (exact) mass is 270 g/mol. The molecule has 0 atom stereocenters. The molecule has 0 aliphatic rings. The number of thiocarbonyl (C=S) groups is 1. The first kappa shape index (κ1) is 13.6. The lowest BCUT2D eigenvalue weighted by molar-refractivity contribution is 0.815. The van der Waals surface area contributed by atoms with Gasteiger partial charge in [0, 0.05) is 13.1 Å². The molecular formula is C16H18N2S. The van der Waals surface area contributed by atoms with Crippen LogP contribution in [0.5, 0.6) is 0 Å². The van der Waals surface area contributed by atoms with E-state index < -0.39 is 0 Å². The third-order valence-electron chi connectivity index (χ3n) is 2.84. The molecule has 0 aliphatic carbocycles. The Hall–Kier alpha value is -1.87. The van der Waals surface area contributed by atoms with Crippen molar-refractivity contribution < 1.29 is 0 Å². The molecule has 0 fully saturated rings. The Kier molecular flexibility index (Phi) is 5.38. The average Bonchev–Trinajstić information content (AvgIpc) is 2.47. The van der Waals surface area contributed by atoms with Crippen LogP contribution in [0.1, 0.15) is 11.1 Å². The van der Waals surface area contributed by atoms with E-state index in [0.29, 0.717) is 5.11 Å². The molecule has 0 radical (unpaired) electrons. The molecule has 0 amide bonds. The predicted octanol–water partition coefficient (Wildman–Crippen LogP) is 2.89. The van der Waals surface area contributed by atoms with Crippen molar-refractivity contribution in [2.24, 2.45) is 0 Å². The third-order valence-corrected chi connectivity index (χ3v) is 3.13. The van der Waals surface area contributed by atoms with E-state index in [9.17, 15) is 0 Å². The number of hydrogen-bond acceptors (Lipinski definition) is 1. The highest BCUT2D eigenvalue weighted by molar-refractivity contribution is 7.80. The van der Waals surface area contributed by atoms with Gasteiger partial charge in [0.05, 0.1) is 0 Å². The molecule has 19 heavy (non-hydrogen) atoms. The minimum atomic E-state index is 0.708. The largest absolute Gasteiger partial charge is 0.362 e. The molecule has 3 heteroatoms. The molecule has 0 aliphatic heterocycles. The summed E-state index contributed by atoms with van der Waals surface area (Å²) in [6, 6.07) is 20.6. The van der Waals surface area contributed by atoms with Gasteiger partial charge >= 0.3 is 0 Å². The van der Waals surface area contributed by atoms with Gasteiger partial charge in [-0.3, -0.25) is 0 Å². The summed E-state index contributed by atoms with van der Waals surface area (Å²) in [5.74, 6) is 0. The molecule has 0 aromatic heterocycles. The second-order valence-electron chi connectivity index (χ2n) is 4.33. The standard InChI is InChI=1S/C16H18N2S/c19-16(18-13-15-9-5-2-6-10-15)17-12-11-14-7-3-1-4-8-14/h1-10H,11-13H2,(H2,17,18,19). The summed E-state index contributed by atoms with van der Waals surface area (Å²) < 4.78 is 0. The van der Waals surface area contributed by atoms with Gasteiger partial charge in [-0.25, -0.2) is 0 Å². The van der Waals surface area contributed by atoms with Crippen molar-refractivity contribution in [3.63, 3.8) is 0 Å². The molecule has 0 heterocycles. The highest BCUT2D eigenvalue weighted by atomic mass is 32.1. The molecule has 2 N–H and O–H groups in total. The zero-order valence-electron chi connectivity index (χ0n) is 10.8. The van der Waals surface area contributed by atoms with Crippen LogP contribution in [-0.4, -0.2) is 11.7 Å². The first-order chi connectivity index (χ1) is 9.34. The van der Waals surface area contributed by atoms with Gasteiger partial charge < -0.3 is 10.6 Å². The van der Waals surface area contributed by atoms with Crippen LogP contribution in [0, 0.1) is 0 Å². The van der Waals surface area contributed by atoms with E-state index >= 15 is 0 Å². The Balaban J connectivity index is 1.65. The quantitative estimate of drug-likeness (QED) is 0.817. The Morgan fingerprint density at radius 2 is 1.37 bits per heavy atom. The summed E-state index contributed by atoms with van der Waals surface area (Å²) in [6.45, 7) is 1.61. The summed E-state index contributed by atoms with van der Waals surface area (Å²) in [6.07, 6.45) is 0.980. The lowest BCUT2D eigenvalue weighted by atomic mass is 10.1. The van der Waals surface area contributed by atoms with Gasteiger partial charge in [-0.1, -0.05) is 60.7 Å². The maximum absolute atomic E-state index is 5.25. The SMILES string of the molecule is S=C(NCCc1ccccc1)NCc1ccccc1. The fraction of sp³-hybridized carbons (Fsp3) is 0.188. The van der Waals surface area contributed by atoms with E-state index in [1.165, 1.54) is 11.1 Å². The summed E-state index contributed by atoms with van der Waals surface area (Å²) in [7, 11) is 0. The van der Waals surface area contributed by atoms with Crippen LogP contribution in [0.2, 0.25) is 0 Å². The number of nitrogens with one attached hydrogen (secondary N) is 2. The molecule has 2 aromatic rings. The fourth-order valence-electron chi connectivity index (χ4n) is 1.81. The Labute approximate surface area is 119 Å². The second-order valence-corrected chi connectivity index (χ2v) is 4.74. The van der Waals surface area contributed by atoms with E-state index in [2.05, 4.69) is 47.0 Å². The molecule has 0 unspecified atom stereocenters. The van der Waals surface area contributed by atoms with Crippen molar-refractivity contribution in [3.05, 3.63) is 71.8 Å². The Morgan fingerprint density at radius 3 is 2.00 bits per heavy atom. The maximum Gasteiger partial charge on any atom is 0.166 e. The summed E-state index contributed by atoms with van der Waals surface area (Å²) >= 11 is 5.25. The van der Waals surface area contributed by atoms with Crippen molar-refractivity contribution in [1.29, 1.82) is 0 Å². The van der Waals surface area contributed by atoms with Crippen molar-refractivity contribution in [2.75, 3.05) is 6.54 Å². The van der Waals surface area contributed by atoms with Gasteiger partial charge in [-0.15, -0.1) is 0 Å². The van der Waals surface area contributed by atoms with Gasteiger partial charge in [0.15, 0.2) is 5.11 Å². The van der Waals surface area contributed by atoms with E-state index in [0.717, 1.165) is 19.5 Å². The Morgan fingerprint density at radius 1 is 0.789 bits per heavy atom. The molecule has 2 nitrogen and oxygen atoms in total. The van der Waals surface area contributed by atoms with Crippen molar-refractivity contribution in [3.8, 4) is 0 Å². The second kappa shape index (κ2) is 7.54. The highest BCUT2D eigenvalue weighted by Crippen LogP contribution is 1.99. The van der Waals surface area contributed by atoms with Crippen molar-refractivity contribution in [2.45, 2.75) is 13.0 Å². The van der Waals surface area contributed by atoms with E-state index in [4.69, 9.17) is 12.2 Å². The predicted molar refractivity (Wildman–Crippen MR) is 84.0 cm³/mol. The third kappa shape index (κ3) is 5.10. The van der Waals surface area contributed by atoms with Crippen LogP contribution < -0.4 is 10.6 Å².